The number of hydrogen-bond acceptors (Lipinski definition) is 2. The summed E-state index contributed by atoms with van der Waals surface area (Å²) in [5.41, 5.74) is 1.08. The Balaban J connectivity index is 2.03. The first kappa shape index (κ1) is 11.4. The molecule has 2 rings (SSSR count). The van der Waals surface area contributed by atoms with Crippen LogP contribution in [0.5, 0.6) is 0 Å². The minimum absolute atomic E-state index is 0.595. The van der Waals surface area contributed by atoms with Crippen molar-refractivity contribution in [3.63, 3.8) is 0 Å². The zero-order valence-electron chi connectivity index (χ0n) is 10.5. The molecule has 1 aromatic rings. The standard InChI is InChI=1S/C14H22N2/c1-10-6-4-8-13(12(10)3)16-14-9-5-7-11(2)15-14/h5,7,9-10,12-13H,4,6,8H2,1-3H3,(H,15,16). The summed E-state index contributed by atoms with van der Waals surface area (Å²) in [4.78, 5) is 4.52. The van der Waals surface area contributed by atoms with Crippen LogP contribution in [0.4, 0.5) is 5.82 Å². The maximum atomic E-state index is 4.52. The van der Waals surface area contributed by atoms with Gasteiger partial charge in [-0.3, -0.25) is 0 Å². The van der Waals surface area contributed by atoms with Crippen molar-refractivity contribution in [3.05, 3.63) is 23.9 Å². The third-order valence-corrected chi connectivity index (χ3v) is 3.93. The molecule has 0 bridgehead atoms. The molecule has 0 spiro atoms. The Hall–Kier alpha value is -1.05. The van der Waals surface area contributed by atoms with Crippen LogP contribution in [0.3, 0.4) is 0 Å². The van der Waals surface area contributed by atoms with Crippen molar-refractivity contribution in [1.29, 1.82) is 0 Å². The summed E-state index contributed by atoms with van der Waals surface area (Å²) in [6.45, 7) is 6.76. The van der Waals surface area contributed by atoms with E-state index >= 15 is 0 Å². The van der Waals surface area contributed by atoms with Gasteiger partial charge in [0.05, 0.1) is 0 Å². The monoisotopic (exact) mass is 218 g/mol. The van der Waals surface area contributed by atoms with Gasteiger partial charge < -0.3 is 5.32 Å². The summed E-state index contributed by atoms with van der Waals surface area (Å²) in [5.74, 6) is 2.61. The highest BCUT2D eigenvalue weighted by molar-refractivity contribution is 5.36. The third-order valence-electron chi connectivity index (χ3n) is 3.93. The summed E-state index contributed by atoms with van der Waals surface area (Å²) < 4.78 is 0. The number of anilines is 1. The summed E-state index contributed by atoms with van der Waals surface area (Å²) in [6, 6.07) is 6.77. The molecule has 1 N–H and O–H groups in total. The van der Waals surface area contributed by atoms with Crippen molar-refractivity contribution >= 4 is 5.82 Å². The predicted molar refractivity (Wildman–Crippen MR) is 68.6 cm³/mol. The van der Waals surface area contributed by atoms with E-state index in [4.69, 9.17) is 0 Å². The minimum Gasteiger partial charge on any atom is -0.367 e. The molecule has 0 aromatic carbocycles. The molecule has 2 heteroatoms. The van der Waals surface area contributed by atoms with Crippen LogP contribution in [-0.4, -0.2) is 11.0 Å². The number of rotatable bonds is 2. The van der Waals surface area contributed by atoms with Crippen molar-refractivity contribution in [2.45, 2.75) is 46.1 Å². The van der Waals surface area contributed by atoms with E-state index in [1.54, 1.807) is 0 Å². The largest absolute Gasteiger partial charge is 0.367 e. The van der Waals surface area contributed by atoms with E-state index in [1.807, 2.05) is 13.0 Å². The van der Waals surface area contributed by atoms with Gasteiger partial charge in [0.15, 0.2) is 0 Å². The van der Waals surface area contributed by atoms with Gasteiger partial charge in [0, 0.05) is 11.7 Å². The maximum Gasteiger partial charge on any atom is 0.126 e. The van der Waals surface area contributed by atoms with Crippen molar-refractivity contribution in [2.75, 3.05) is 5.32 Å². The number of hydrogen-bond donors (Lipinski definition) is 1. The van der Waals surface area contributed by atoms with Crippen LogP contribution in [0.1, 0.15) is 38.8 Å². The molecule has 1 heterocycles. The van der Waals surface area contributed by atoms with Crippen molar-refractivity contribution in [3.8, 4) is 0 Å². The highest BCUT2D eigenvalue weighted by Crippen LogP contribution is 2.31. The van der Waals surface area contributed by atoms with Gasteiger partial charge in [0.2, 0.25) is 0 Å². The molecule has 1 aliphatic carbocycles. The first-order valence-electron chi connectivity index (χ1n) is 6.37. The highest BCUT2D eigenvalue weighted by Gasteiger charge is 2.26. The van der Waals surface area contributed by atoms with Crippen LogP contribution in [0.2, 0.25) is 0 Å². The van der Waals surface area contributed by atoms with Gasteiger partial charge in [-0.25, -0.2) is 4.98 Å². The number of nitrogens with zero attached hydrogens (tertiary/aromatic N) is 1. The molecule has 0 saturated heterocycles. The van der Waals surface area contributed by atoms with Crippen molar-refractivity contribution in [1.82, 2.24) is 4.98 Å². The molecule has 0 aliphatic heterocycles. The summed E-state index contributed by atoms with van der Waals surface area (Å²) >= 11 is 0. The quantitative estimate of drug-likeness (QED) is 0.820. The lowest BCUT2D eigenvalue weighted by Crippen LogP contribution is -2.35. The van der Waals surface area contributed by atoms with Crippen LogP contribution < -0.4 is 5.32 Å². The Bertz CT molecular complexity index is 348. The van der Waals surface area contributed by atoms with Gasteiger partial charge in [-0.2, -0.15) is 0 Å². The van der Waals surface area contributed by atoms with E-state index in [-0.39, 0.29) is 0 Å². The lowest BCUT2D eigenvalue weighted by atomic mass is 9.78. The van der Waals surface area contributed by atoms with E-state index in [0.29, 0.717) is 6.04 Å². The molecule has 3 unspecified atom stereocenters. The highest BCUT2D eigenvalue weighted by atomic mass is 15.0. The Morgan fingerprint density at radius 1 is 1.25 bits per heavy atom. The van der Waals surface area contributed by atoms with Gasteiger partial charge in [0.1, 0.15) is 5.82 Å². The zero-order chi connectivity index (χ0) is 11.5. The average molecular weight is 218 g/mol. The number of nitrogens with one attached hydrogen (secondary N) is 1. The Kier molecular flexibility index (Phi) is 3.47. The smallest absolute Gasteiger partial charge is 0.126 e. The summed E-state index contributed by atoms with van der Waals surface area (Å²) in [6.07, 6.45) is 4.00. The van der Waals surface area contributed by atoms with Crippen LogP contribution in [0.15, 0.2) is 18.2 Å². The molecule has 88 valence electrons. The SMILES string of the molecule is Cc1cccc(NC2CCCC(C)C2C)n1. The Morgan fingerprint density at radius 2 is 2.06 bits per heavy atom. The lowest BCUT2D eigenvalue weighted by Gasteiger charge is -2.34. The first-order valence-corrected chi connectivity index (χ1v) is 6.37. The number of aromatic nitrogens is 1. The summed E-state index contributed by atoms with van der Waals surface area (Å²) in [5, 5.41) is 3.59. The topological polar surface area (TPSA) is 24.9 Å². The Morgan fingerprint density at radius 3 is 2.81 bits per heavy atom. The predicted octanol–water partition coefficient (Wildman–Crippen LogP) is 3.63. The van der Waals surface area contributed by atoms with Crippen LogP contribution in [0, 0.1) is 18.8 Å². The van der Waals surface area contributed by atoms with Gasteiger partial charge in [-0.15, -0.1) is 0 Å². The summed E-state index contributed by atoms with van der Waals surface area (Å²) in [7, 11) is 0. The van der Waals surface area contributed by atoms with E-state index in [0.717, 1.165) is 23.3 Å². The second kappa shape index (κ2) is 4.86. The molecule has 0 radical (unpaired) electrons. The fraction of sp³-hybridized carbons (Fsp3) is 0.643. The van der Waals surface area contributed by atoms with Crippen molar-refractivity contribution in [2.24, 2.45) is 11.8 Å². The van der Waals surface area contributed by atoms with Gasteiger partial charge >= 0.3 is 0 Å². The fourth-order valence-electron chi connectivity index (χ4n) is 2.60. The minimum atomic E-state index is 0.595. The van der Waals surface area contributed by atoms with E-state index in [1.165, 1.54) is 19.3 Å². The van der Waals surface area contributed by atoms with Gasteiger partial charge in [0.25, 0.3) is 0 Å². The molecule has 1 aromatic heterocycles. The Labute approximate surface area is 98.5 Å². The lowest BCUT2D eigenvalue weighted by molar-refractivity contribution is 0.253. The fourth-order valence-corrected chi connectivity index (χ4v) is 2.60. The van der Waals surface area contributed by atoms with Gasteiger partial charge in [-0.05, 0) is 37.3 Å². The molecule has 1 fully saturated rings. The number of aryl methyl sites for hydroxylation is 1. The molecule has 3 atom stereocenters. The van der Waals surface area contributed by atoms with E-state index < -0.39 is 0 Å². The first-order chi connectivity index (χ1) is 7.66. The van der Waals surface area contributed by atoms with Gasteiger partial charge in [-0.1, -0.05) is 32.8 Å². The average Bonchev–Trinajstić information content (AvgIpc) is 2.25. The van der Waals surface area contributed by atoms with Crippen LogP contribution in [-0.2, 0) is 0 Å². The molecule has 0 amide bonds. The van der Waals surface area contributed by atoms with E-state index in [2.05, 4.69) is 36.3 Å². The van der Waals surface area contributed by atoms with Crippen molar-refractivity contribution < 1.29 is 0 Å². The number of pyridine rings is 1. The maximum absolute atomic E-state index is 4.52. The molecular weight excluding hydrogens is 196 g/mol. The van der Waals surface area contributed by atoms with E-state index in [9.17, 15) is 0 Å². The van der Waals surface area contributed by atoms with Crippen LogP contribution >= 0.6 is 0 Å². The molecule has 2 nitrogen and oxygen atoms in total. The second-order valence-corrected chi connectivity index (χ2v) is 5.18. The molecule has 1 saturated carbocycles. The van der Waals surface area contributed by atoms with Crippen LogP contribution in [0.25, 0.3) is 0 Å². The third kappa shape index (κ3) is 2.55. The zero-order valence-corrected chi connectivity index (χ0v) is 10.5. The second-order valence-electron chi connectivity index (χ2n) is 5.18. The molecular formula is C14H22N2. The molecule has 16 heavy (non-hydrogen) atoms. The molecule has 1 aliphatic rings. The normalized spacial score (nSPS) is 30.1.